The van der Waals surface area contributed by atoms with Crippen molar-refractivity contribution < 1.29 is 4.43 Å². The smallest absolute Gasteiger partial charge is 0.323 e. The van der Waals surface area contributed by atoms with Crippen LogP contribution >= 0.6 is 11.1 Å². The van der Waals surface area contributed by atoms with Crippen molar-refractivity contribution in [2.45, 2.75) is 32.7 Å². The molecule has 0 aromatic rings. The molecule has 1 nitrogen and oxygen atoms in total. The Morgan fingerprint density at radius 2 is 2.00 bits per heavy atom. The van der Waals surface area contributed by atoms with Crippen LogP contribution in [0, 0.1) is 0 Å². The molecule has 1 radical (unpaired) electrons. The highest BCUT2D eigenvalue weighted by Gasteiger charge is 2.05. The van der Waals surface area contributed by atoms with Crippen molar-refractivity contribution in [3.63, 3.8) is 0 Å². The lowest BCUT2D eigenvalue weighted by Gasteiger charge is -2.04. The summed E-state index contributed by atoms with van der Waals surface area (Å²) >= 11 is 5.84. The van der Waals surface area contributed by atoms with Crippen molar-refractivity contribution in [3.05, 3.63) is 0 Å². The summed E-state index contributed by atoms with van der Waals surface area (Å²) in [5.41, 5.74) is 0. The van der Waals surface area contributed by atoms with Gasteiger partial charge < -0.3 is 4.43 Å². The molecule has 0 atom stereocenters. The minimum atomic E-state index is -0.931. The van der Waals surface area contributed by atoms with Crippen LogP contribution in [0.15, 0.2) is 0 Å². The molecule has 0 heterocycles. The van der Waals surface area contributed by atoms with Gasteiger partial charge in [0.1, 0.15) is 0 Å². The van der Waals surface area contributed by atoms with E-state index in [0.29, 0.717) is 0 Å². The van der Waals surface area contributed by atoms with Gasteiger partial charge in [0.15, 0.2) is 0 Å². The monoisotopic (exact) mass is 165 g/mol. The van der Waals surface area contributed by atoms with Crippen molar-refractivity contribution in [3.8, 4) is 0 Å². The Morgan fingerprint density at radius 3 is 2.44 bits per heavy atom. The van der Waals surface area contributed by atoms with Crippen molar-refractivity contribution in [1.82, 2.24) is 0 Å². The molecule has 0 bridgehead atoms. The molecule has 0 aliphatic rings. The third-order valence-electron chi connectivity index (χ3n) is 0.909. The first-order valence-electron chi connectivity index (χ1n) is 3.45. The van der Waals surface area contributed by atoms with Gasteiger partial charge in [-0.1, -0.05) is 20.3 Å². The quantitative estimate of drug-likeness (QED) is 0.450. The van der Waals surface area contributed by atoms with Gasteiger partial charge in [-0.05, 0) is 12.5 Å². The van der Waals surface area contributed by atoms with Crippen LogP contribution < -0.4 is 0 Å². The average molecular weight is 166 g/mol. The van der Waals surface area contributed by atoms with Gasteiger partial charge in [-0.25, -0.2) is 0 Å². The summed E-state index contributed by atoms with van der Waals surface area (Å²) in [5, 5.41) is 0. The van der Waals surface area contributed by atoms with Crippen LogP contribution in [0.3, 0.4) is 0 Å². The van der Waals surface area contributed by atoms with E-state index >= 15 is 0 Å². The Kier molecular flexibility index (Phi) is 6.93. The third-order valence-corrected chi connectivity index (χ3v) is 3.21. The predicted octanol–water partition coefficient (Wildman–Crippen LogP) is 2.55. The van der Waals surface area contributed by atoms with Gasteiger partial charge in [0.2, 0.25) is 0 Å². The fraction of sp³-hybridized carbons (Fsp3) is 1.00. The maximum absolute atomic E-state index is 5.84. The lowest BCUT2D eigenvalue weighted by atomic mass is 10.5. The van der Waals surface area contributed by atoms with E-state index in [9.17, 15) is 0 Å². The molecule has 0 rings (SSSR count). The first-order chi connectivity index (χ1) is 4.31. The number of halogens is 1. The molecule has 0 aliphatic heterocycles. The molecule has 0 N–H and O–H groups in total. The summed E-state index contributed by atoms with van der Waals surface area (Å²) in [6, 6.07) is 1.06. The van der Waals surface area contributed by atoms with E-state index in [1.165, 1.54) is 0 Å². The van der Waals surface area contributed by atoms with Crippen LogP contribution in [-0.4, -0.2) is 15.0 Å². The third kappa shape index (κ3) is 6.35. The molecule has 0 unspecified atom stereocenters. The Bertz CT molecular complexity index is 61.0. The summed E-state index contributed by atoms with van der Waals surface area (Å²) in [4.78, 5) is 0. The van der Waals surface area contributed by atoms with E-state index in [2.05, 4.69) is 13.8 Å². The molecule has 0 saturated carbocycles. The molecule has 0 fully saturated rings. The lowest BCUT2D eigenvalue weighted by molar-refractivity contribution is 0.329. The molecule has 0 spiro atoms. The van der Waals surface area contributed by atoms with Crippen molar-refractivity contribution >= 4 is 19.4 Å². The van der Waals surface area contributed by atoms with Crippen LogP contribution in [0.5, 0.6) is 0 Å². The Balaban J connectivity index is 2.95. The largest absolute Gasteiger partial charge is 0.403 e. The van der Waals surface area contributed by atoms with Gasteiger partial charge in [0.05, 0.1) is 0 Å². The minimum absolute atomic E-state index is 0.831. The average Bonchev–Trinajstić information content (AvgIpc) is 1.85. The van der Waals surface area contributed by atoms with Gasteiger partial charge in [-0.2, -0.15) is 0 Å². The molecule has 3 heteroatoms. The summed E-state index contributed by atoms with van der Waals surface area (Å²) < 4.78 is 5.30. The summed E-state index contributed by atoms with van der Waals surface area (Å²) in [6.45, 7) is 5.05. The van der Waals surface area contributed by atoms with Gasteiger partial charge in [-0.3, -0.25) is 0 Å². The summed E-state index contributed by atoms with van der Waals surface area (Å²) in [5.74, 6) is 0. The molecule has 0 aliphatic carbocycles. The molecule has 9 heavy (non-hydrogen) atoms. The fourth-order valence-corrected chi connectivity index (χ4v) is 2.24. The first kappa shape index (κ1) is 9.47. The normalized spacial score (nSPS) is 10.7. The topological polar surface area (TPSA) is 9.23 Å². The standard InChI is InChI=1S/C6H14ClOSi/c1-3-5-8-9(7)6-4-2/h3-6H2,1-2H3. The molecule has 0 saturated heterocycles. The predicted molar refractivity (Wildman–Crippen MR) is 42.9 cm³/mol. The zero-order valence-electron chi connectivity index (χ0n) is 6.11. The van der Waals surface area contributed by atoms with Gasteiger partial charge in [-0.15, -0.1) is 11.1 Å². The van der Waals surface area contributed by atoms with E-state index in [1.54, 1.807) is 0 Å². The van der Waals surface area contributed by atoms with Crippen molar-refractivity contribution in [1.29, 1.82) is 0 Å². The number of hydrogen-bond donors (Lipinski definition) is 0. The van der Waals surface area contributed by atoms with Crippen LogP contribution in [0.4, 0.5) is 0 Å². The van der Waals surface area contributed by atoms with Crippen molar-refractivity contribution in [2.24, 2.45) is 0 Å². The highest BCUT2D eigenvalue weighted by Crippen LogP contribution is 2.03. The minimum Gasteiger partial charge on any atom is -0.403 e. The zero-order valence-corrected chi connectivity index (χ0v) is 7.87. The second-order valence-corrected chi connectivity index (χ2v) is 4.72. The zero-order chi connectivity index (χ0) is 7.11. The van der Waals surface area contributed by atoms with Gasteiger partial charge >= 0.3 is 8.35 Å². The Labute approximate surface area is 63.8 Å². The Morgan fingerprint density at radius 1 is 1.33 bits per heavy atom. The Hall–Kier alpha value is 0.467. The molecule has 55 valence electrons. The van der Waals surface area contributed by atoms with Crippen LogP contribution in [0.2, 0.25) is 6.04 Å². The van der Waals surface area contributed by atoms with Crippen LogP contribution in [0.25, 0.3) is 0 Å². The maximum atomic E-state index is 5.84. The molecular weight excluding hydrogens is 152 g/mol. The van der Waals surface area contributed by atoms with E-state index in [0.717, 1.165) is 25.5 Å². The highest BCUT2D eigenvalue weighted by molar-refractivity contribution is 7.03. The second-order valence-electron chi connectivity index (χ2n) is 1.95. The molecule has 0 aromatic heterocycles. The SMILES string of the molecule is CCCO[Si](Cl)CCC. The van der Waals surface area contributed by atoms with E-state index < -0.39 is 8.35 Å². The van der Waals surface area contributed by atoms with Gasteiger partial charge in [0.25, 0.3) is 0 Å². The van der Waals surface area contributed by atoms with E-state index in [-0.39, 0.29) is 0 Å². The first-order valence-corrected chi connectivity index (χ1v) is 6.08. The van der Waals surface area contributed by atoms with E-state index in [4.69, 9.17) is 15.5 Å². The van der Waals surface area contributed by atoms with Crippen LogP contribution in [-0.2, 0) is 4.43 Å². The maximum Gasteiger partial charge on any atom is 0.323 e. The summed E-state index contributed by atoms with van der Waals surface area (Å²) in [7, 11) is -0.931. The number of rotatable bonds is 5. The van der Waals surface area contributed by atoms with E-state index in [1.807, 2.05) is 0 Å². The highest BCUT2D eigenvalue weighted by atomic mass is 35.6. The molecular formula is C6H14ClOSi. The number of hydrogen-bond acceptors (Lipinski definition) is 1. The van der Waals surface area contributed by atoms with Crippen LogP contribution in [0.1, 0.15) is 26.7 Å². The lowest BCUT2D eigenvalue weighted by Crippen LogP contribution is -2.09. The molecule has 0 aromatic carbocycles. The molecule has 0 amide bonds. The van der Waals surface area contributed by atoms with Crippen molar-refractivity contribution in [2.75, 3.05) is 6.61 Å². The fourth-order valence-electron chi connectivity index (χ4n) is 0.482. The van der Waals surface area contributed by atoms with Gasteiger partial charge in [0, 0.05) is 6.61 Å². The second kappa shape index (κ2) is 6.58. The summed E-state index contributed by atoms with van der Waals surface area (Å²) in [6.07, 6.45) is 2.21.